The zero-order valence-electron chi connectivity index (χ0n) is 10.8. The van der Waals surface area contributed by atoms with Gasteiger partial charge in [-0.25, -0.2) is 4.98 Å². The van der Waals surface area contributed by atoms with E-state index >= 15 is 0 Å². The molecule has 0 amide bonds. The van der Waals surface area contributed by atoms with Gasteiger partial charge in [-0.3, -0.25) is 0 Å². The molecule has 1 N–H and O–H groups in total. The fraction of sp³-hybridized carbons (Fsp3) is 0.727. The van der Waals surface area contributed by atoms with Crippen molar-refractivity contribution in [3.05, 3.63) is 10.6 Å². The first-order valence-electron chi connectivity index (χ1n) is 5.96. The predicted molar refractivity (Wildman–Crippen MR) is 68.1 cm³/mol. The molecule has 1 aromatic heterocycles. The number of hydrogen-bond donors (Lipinski definition) is 1. The molecule has 0 aliphatic heterocycles. The Morgan fingerprint density at radius 3 is 2.28 bits per heavy atom. The van der Waals surface area contributed by atoms with Gasteiger partial charge in [-0.1, -0.05) is 18.3 Å². The van der Waals surface area contributed by atoms with Crippen molar-refractivity contribution in [2.24, 2.45) is 0 Å². The smallest absolute Gasteiger partial charge is 0.349 e. The van der Waals surface area contributed by atoms with Crippen molar-refractivity contribution in [2.75, 3.05) is 24.5 Å². The third-order valence-electron chi connectivity index (χ3n) is 2.52. The highest BCUT2D eigenvalue weighted by Crippen LogP contribution is 2.37. The fourth-order valence-corrected chi connectivity index (χ4v) is 2.73. The normalized spacial score (nSPS) is 11.9. The number of hydrogen-bond acceptors (Lipinski definition) is 4. The molecule has 0 fully saturated rings. The second-order valence-electron chi connectivity index (χ2n) is 3.72. The van der Waals surface area contributed by atoms with Crippen LogP contribution < -0.4 is 10.2 Å². The molecule has 1 rings (SSSR count). The molecule has 18 heavy (non-hydrogen) atoms. The highest BCUT2D eigenvalue weighted by Gasteiger charge is 2.37. The lowest BCUT2D eigenvalue weighted by Gasteiger charge is -2.16. The van der Waals surface area contributed by atoms with E-state index in [0.717, 1.165) is 11.3 Å². The highest BCUT2D eigenvalue weighted by molar-refractivity contribution is 7.15. The van der Waals surface area contributed by atoms with Crippen LogP contribution in [0.3, 0.4) is 0 Å². The van der Waals surface area contributed by atoms with Crippen molar-refractivity contribution < 1.29 is 13.2 Å². The topological polar surface area (TPSA) is 28.2 Å². The molecular formula is C11H18F3N3S. The van der Waals surface area contributed by atoms with Gasteiger partial charge in [-0.2, -0.15) is 13.2 Å². The first-order valence-corrected chi connectivity index (χ1v) is 6.78. The van der Waals surface area contributed by atoms with Gasteiger partial charge in [0.2, 0.25) is 0 Å². The Kier molecular flexibility index (Phi) is 5.40. The number of nitrogens with zero attached hydrogens (tertiary/aromatic N) is 2. The van der Waals surface area contributed by atoms with E-state index in [1.165, 1.54) is 0 Å². The van der Waals surface area contributed by atoms with E-state index < -0.39 is 11.9 Å². The summed E-state index contributed by atoms with van der Waals surface area (Å²) in [5, 5.41) is 3.36. The van der Waals surface area contributed by atoms with E-state index in [2.05, 4.69) is 10.3 Å². The van der Waals surface area contributed by atoms with E-state index in [1.807, 2.05) is 25.7 Å². The summed E-state index contributed by atoms with van der Waals surface area (Å²) in [5.74, 6) is 0. The van der Waals surface area contributed by atoms with Gasteiger partial charge in [-0.15, -0.1) is 0 Å². The minimum absolute atomic E-state index is 0.213. The van der Waals surface area contributed by atoms with E-state index in [4.69, 9.17) is 0 Å². The lowest BCUT2D eigenvalue weighted by molar-refractivity contribution is -0.141. The number of halogens is 3. The van der Waals surface area contributed by atoms with Gasteiger partial charge in [-0.05, 0) is 20.4 Å². The Hall–Kier alpha value is -0.820. The Labute approximate surface area is 109 Å². The first-order chi connectivity index (χ1) is 8.43. The maximum absolute atomic E-state index is 12.9. The van der Waals surface area contributed by atoms with Crippen LogP contribution in [0.4, 0.5) is 18.3 Å². The first kappa shape index (κ1) is 15.2. The van der Waals surface area contributed by atoms with Crippen molar-refractivity contribution >= 4 is 16.5 Å². The van der Waals surface area contributed by atoms with Crippen LogP contribution in [0.5, 0.6) is 0 Å². The van der Waals surface area contributed by atoms with Crippen molar-refractivity contribution in [3.8, 4) is 0 Å². The zero-order chi connectivity index (χ0) is 13.8. The highest BCUT2D eigenvalue weighted by atomic mass is 32.1. The van der Waals surface area contributed by atoms with Crippen LogP contribution in [0.2, 0.25) is 0 Å². The summed E-state index contributed by atoms with van der Waals surface area (Å²) in [4.78, 5) is 5.84. The Morgan fingerprint density at radius 1 is 1.22 bits per heavy atom. The maximum Gasteiger partial charge on any atom is 0.434 e. The molecule has 0 atom stereocenters. The van der Waals surface area contributed by atoms with Gasteiger partial charge in [0.1, 0.15) is 0 Å². The molecule has 0 bridgehead atoms. The molecule has 0 spiro atoms. The standard InChI is InChI=1S/C11H18F3N3S/c1-4-15-7-8-9(11(12,13)14)16-10(18-8)17(5-2)6-3/h15H,4-7H2,1-3H3. The molecule has 104 valence electrons. The number of anilines is 1. The average molecular weight is 281 g/mol. The summed E-state index contributed by atoms with van der Waals surface area (Å²) in [5.41, 5.74) is -0.754. The molecule has 0 radical (unpaired) electrons. The Bertz CT molecular complexity index is 372. The van der Waals surface area contributed by atoms with Crippen molar-refractivity contribution in [1.82, 2.24) is 10.3 Å². The number of alkyl halides is 3. The summed E-state index contributed by atoms with van der Waals surface area (Å²) in [6.07, 6.45) is -4.38. The maximum atomic E-state index is 12.9. The number of rotatable bonds is 6. The Morgan fingerprint density at radius 2 is 1.83 bits per heavy atom. The quantitative estimate of drug-likeness (QED) is 0.868. The number of nitrogens with one attached hydrogen (secondary N) is 1. The van der Waals surface area contributed by atoms with Crippen LogP contribution in [-0.2, 0) is 12.7 Å². The number of thiazole rings is 1. The second-order valence-corrected chi connectivity index (χ2v) is 4.78. The minimum Gasteiger partial charge on any atom is -0.349 e. The summed E-state index contributed by atoms with van der Waals surface area (Å²) in [6, 6.07) is 0. The van der Waals surface area contributed by atoms with Crippen LogP contribution >= 0.6 is 11.3 Å². The lowest BCUT2D eigenvalue weighted by atomic mass is 10.3. The van der Waals surface area contributed by atoms with E-state index in [0.29, 0.717) is 24.8 Å². The molecule has 0 aromatic carbocycles. The largest absolute Gasteiger partial charge is 0.434 e. The van der Waals surface area contributed by atoms with Gasteiger partial charge in [0, 0.05) is 19.6 Å². The molecule has 1 heterocycles. The molecule has 0 aliphatic carbocycles. The van der Waals surface area contributed by atoms with E-state index in [1.54, 1.807) is 0 Å². The second kappa shape index (κ2) is 6.38. The molecule has 1 aromatic rings. The van der Waals surface area contributed by atoms with Crippen LogP contribution in [0.25, 0.3) is 0 Å². The van der Waals surface area contributed by atoms with Crippen LogP contribution in [0.15, 0.2) is 0 Å². The molecular weight excluding hydrogens is 263 g/mol. The molecule has 0 saturated carbocycles. The van der Waals surface area contributed by atoms with Gasteiger partial charge in [0.15, 0.2) is 10.8 Å². The van der Waals surface area contributed by atoms with Gasteiger partial charge in [0.05, 0.1) is 4.88 Å². The average Bonchev–Trinajstić information content (AvgIpc) is 2.72. The monoisotopic (exact) mass is 281 g/mol. The lowest BCUT2D eigenvalue weighted by Crippen LogP contribution is -2.21. The van der Waals surface area contributed by atoms with Gasteiger partial charge < -0.3 is 10.2 Å². The fourth-order valence-electron chi connectivity index (χ4n) is 1.55. The van der Waals surface area contributed by atoms with E-state index in [-0.39, 0.29) is 11.4 Å². The van der Waals surface area contributed by atoms with Crippen LogP contribution in [0.1, 0.15) is 31.3 Å². The third kappa shape index (κ3) is 3.58. The molecule has 0 saturated heterocycles. The van der Waals surface area contributed by atoms with Crippen molar-refractivity contribution in [2.45, 2.75) is 33.5 Å². The Balaban J connectivity index is 3.06. The molecule has 0 unspecified atom stereocenters. The summed E-state index contributed by atoms with van der Waals surface area (Å²) < 4.78 is 38.6. The third-order valence-corrected chi connectivity index (χ3v) is 3.64. The predicted octanol–water partition coefficient (Wildman–Crippen LogP) is 3.12. The minimum atomic E-state index is -4.38. The zero-order valence-corrected chi connectivity index (χ0v) is 11.6. The molecule has 0 aliphatic rings. The summed E-state index contributed by atoms with van der Waals surface area (Å²) >= 11 is 1.12. The number of aromatic nitrogens is 1. The summed E-state index contributed by atoms with van der Waals surface area (Å²) in [6.45, 7) is 7.83. The van der Waals surface area contributed by atoms with Crippen LogP contribution in [-0.4, -0.2) is 24.6 Å². The SMILES string of the molecule is CCNCc1sc(N(CC)CC)nc1C(F)(F)F. The summed E-state index contributed by atoms with van der Waals surface area (Å²) in [7, 11) is 0. The molecule has 3 nitrogen and oxygen atoms in total. The van der Waals surface area contributed by atoms with Crippen LogP contribution in [0, 0.1) is 0 Å². The van der Waals surface area contributed by atoms with Crippen molar-refractivity contribution in [1.29, 1.82) is 0 Å². The van der Waals surface area contributed by atoms with Gasteiger partial charge in [0.25, 0.3) is 0 Å². The van der Waals surface area contributed by atoms with Gasteiger partial charge >= 0.3 is 6.18 Å². The van der Waals surface area contributed by atoms with E-state index in [9.17, 15) is 13.2 Å². The molecule has 7 heteroatoms. The van der Waals surface area contributed by atoms with Crippen molar-refractivity contribution in [3.63, 3.8) is 0 Å².